The molecule has 1 aromatic carbocycles. The predicted molar refractivity (Wildman–Crippen MR) is 116 cm³/mol. The minimum absolute atomic E-state index is 0. The minimum Gasteiger partial charge on any atom is -0.370 e. The third kappa shape index (κ3) is 6.13. The number of hydrogen-bond acceptors (Lipinski definition) is 2. The molecule has 0 amide bonds. The fourth-order valence-electron chi connectivity index (χ4n) is 3.93. The Morgan fingerprint density at radius 3 is 2.52 bits per heavy atom. The molecule has 0 saturated carbocycles. The van der Waals surface area contributed by atoms with Crippen molar-refractivity contribution in [1.29, 1.82) is 0 Å². The number of aliphatic imine (C=N–C) groups is 1. The second-order valence-corrected chi connectivity index (χ2v) is 7.47. The average Bonchev–Trinajstić information content (AvgIpc) is 2.61. The quantitative estimate of drug-likeness (QED) is 0.426. The van der Waals surface area contributed by atoms with Gasteiger partial charge in [-0.3, -0.25) is 4.90 Å². The zero-order valence-electron chi connectivity index (χ0n) is 15.5. The van der Waals surface area contributed by atoms with Gasteiger partial charge in [-0.15, -0.1) is 24.0 Å². The molecule has 2 saturated heterocycles. The summed E-state index contributed by atoms with van der Waals surface area (Å²) in [6.45, 7) is 8.65. The van der Waals surface area contributed by atoms with Crippen LogP contribution in [0, 0.1) is 5.92 Å². The highest BCUT2D eigenvalue weighted by Crippen LogP contribution is 2.20. The van der Waals surface area contributed by atoms with Gasteiger partial charge in [-0.25, -0.2) is 4.99 Å². The smallest absolute Gasteiger partial charge is 0.191 e. The van der Waals surface area contributed by atoms with Crippen molar-refractivity contribution in [1.82, 2.24) is 9.80 Å². The Morgan fingerprint density at radius 2 is 1.80 bits per heavy atom. The molecule has 0 aliphatic carbocycles. The summed E-state index contributed by atoms with van der Waals surface area (Å²) in [6.07, 6.45) is 6.49. The molecule has 2 N–H and O–H groups in total. The first-order chi connectivity index (χ1) is 11.7. The van der Waals surface area contributed by atoms with E-state index in [1.807, 2.05) is 0 Å². The van der Waals surface area contributed by atoms with Crippen LogP contribution in [0.1, 0.15) is 50.2 Å². The summed E-state index contributed by atoms with van der Waals surface area (Å²) in [5.74, 6) is 1.54. The van der Waals surface area contributed by atoms with Crippen LogP contribution in [0.3, 0.4) is 0 Å². The van der Waals surface area contributed by atoms with Gasteiger partial charge >= 0.3 is 0 Å². The van der Waals surface area contributed by atoms with Crippen LogP contribution < -0.4 is 5.73 Å². The summed E-state index contributed by atoms with van der Waals surface area (Å²) in [7, 11) is 0. The SMILES string of the molecule is CC1CCCN(Cc2ccccc2CN=C(N)N2CCCCC2)C1.I. The minimum atomic E-state index is 0. The van der Waals surface area contributed by atoms with E-state index in [1.165, 1.54) is 56.3 Å². The molecule has 2 heterocycles. The Hall–Kier alpha value is -0.820. The van der Waals surface area contributed by atoms with Crippen LogP contribution in [0.5, 0.6) is 0 Å². The zero-order chi connectivity index (χ0) is 16.8. The molecule has 0 aromatic heterocycles. The van der Waals surface area contributed by atoms with Gasteiger partial charge in [0, 0.05) is 26.2 Å². The van der Waals surface area contributed by atoms with Gasteiger partial charge in [0.05, 0.1) is 6.54 Å². The fourth-order valence-corrected chi connectivity index (χ4v) is 3.93. The normalized spacial score (nSPS) is 22.5. The number of hydrogen-bond donors (Lipinski definition) is 1. The second-order valence-electron chi connectivity index (χ2n) is 7.47. The van der Waals surface area contributed by atoms with Gasteiger partial charge in [0.25, 0.3) is 0 Å². The number of likely N-dealkylation sites (tertiary alicyclic amines) is 2. The van der Waals surface area contributed by atoms with Gasteiger partial charge in [0.1, 0.15) is 0 Å². The first-order valence-electron chi connectivity index (χ1n) is 9.56. The van der Waals surface area contributed by atoms with Crippen LogP contribution >= 0.6 is 24.0 Å². The van der Waals surface area contributed by atoms with Crippen molar-refractivity contribution in [2.45, 2.75) is 52.1 Å². The Morgan fingerprint density at radius 1 is 1.08 bits per heavy atom. The van der Waals surface area contributed by atoms with Gasteiger partial charge in [0.15, 0.2) is 5.96 Å². The molecule has 3 rings (SSSR count). The van der Waals surface area contributed by atoms with Crippen molar-refractivity contribution in [3.05, 3.63) is 35.4 Å². The molecule has 4 nitrogen and oxygen atoms in total. The van der Waals surface area contributed by atoms with E-state index in [9.17, 15) is 0 Å². The fraction of sp³-hybridized carbons (Fsp3) is 0.650. The largest absolute Gasteiger partial charge is 0.370 e. The molecular weight excluding hydrogens is 423 g/mol. The first-order valence-corrected chi connectivity index (χ1v) is 9.56. The number of benzene rings is 1. The lowest BCUT2D eigenvalue weighted by Gasteiger charge is -2.31. The van der Waals surface area contributed by atoms with E-state index >= 15 is 0 Å². The third-order valence-electron chi connectivity index (χ3n) is 5.34. The van der Waals surface area contributed by atoms with Gasteiger partial charge < -0.3 is 10.6 Å². The Balaban J connectivity index is 0.00000225. The van der Waals surface area contributed by atoms with Crippen LogP contribution in [-0.4, -0.2) is 41.9 Å². The lowest BCUT2D eigenvalue weighted by atomic mass is 9.99. The molecule has 140 valence electrons. The molecule has 1 atom stereocenters. The summed E-state index contributed by atoms with van der Waals surface area (Å²) in [6, 6.07) is 8.71. The molecule has 2 fully saturated rings. The van der Waals surface area contributed by atoms with Crippen molar-refractivity contribution in [2.24, 2.45) is 16.6 Å². The van der Waals surface area contributed by atoms with Crippen molar-refractivity contribution < 1.29 is 0 Å². The van der Waals surface area contributed by atoms with Crippen molar-refractivity contribution in [3.8, 4) is 0 Å². The Kier molecular flexibility index (Phi) is 8.49. The number of piperidine rings is 2. The summed E-state index contributed by atoms with van der Waals surface area (Å²) < 4.78 is 0. The van der Waals surface area contributed by atoms with Crippen LogP contribution in [0.4, 0.5) is 0 Å². The Labute approximate surface area is 169 Å². The third-order valence-corrected chi connectivity index (χ3v) is 5.34. The first kappa shape index (κ1) is 20.5. The van der Waals surface area contributed by atoms with Crippen LogP contribution in [0.15, 0.2) is 29.3 Å². The molecule has 1 unspecified atom stereocenters. The molecule has 0 bridgehead atoms. The zero-order valence-corrected chi connectivity index (χ0v) is 17.8. The second kappa shape index (κ2) is 10.4. The highest BCUT2D eigenvalue weighted by atomic mass is 127. The van der Waals surface area contributed by atoms with E-state index < -0.39 is 0 Å². The monoisotopic (exact) mass is 456 g/mol. The van der Waals surface area contributed by atoms with Crippen molar-refractivity contribution in [2.75, 3.05) is 26.2 Å². The highest BCUT2D eigenvalue weighted by molar-refractivity contribution is 14.0. The van der Waals surface area contributed by atoms with Gasteiger partial charge in [-0.1, -0.05) is 31.2 Å². The molecule has 2 aliphatic rings. The highest BCUT2D eigenvalue weighted by Gasteiger charge is 2.17. The van der Waals surface area contributed by atoms with E-state index in [4.69, 9.17) is 5.73 Å². The lowest BCUT2D eigenvalue weighted by Crippen LogP contribution is -2.40. The molecule has 0 radical (unpaired) electrons. The number of nitrogens with zero attached hydrogens (tertiary/aromatic N) is 3. The van der Waals surface area contributed by atoms with Gasteiger partial charge in [0.2, 0.25) is 0 Å². The van der Waals surface area contributed by atoms with E-state index in [1.54, 1.807) is 0 Å². The molecule has 0 spiro atoms. The topological polar surface area (TPSA) is 44.9 Å². The van der Waals surface area contributed by atoms with Crippen molar-refractivity contribution in [3.63, 3.8) is 0 Å². The molecule has 1 aromatic rings. The molecule has 25 heavy (non-hydrogen) atoms. The van der Waals surface area contributed by atoms with Crippen LogP contribution in [-0.2, 0) is 13.1 Å². The maximum absolute atomic E-state index is 6.21. The summed E-state index contributed by atoms with van der Waals surface area (Å²) in [4.78, 5) is 9.51. The Bertz CT molecular complexity index is 554. The van der Waals surface area contributed by atoms with Gasteiger partial charge in [-0.2, -0.15) is 0 Å². The van der Waals surface area contributed by atoms with Gasteiger partial charge in [-0.05, 0) is 55.7 Å². The number of halogens is 1. The lowest BCUT2D eigenvalue weighted by molar-refractivity contribution is 0.176. The number of guanidine groups is 1. The van der Waals surface area contributed by atoms with Crippen molar-refractivity contribution >= 4 is 29.9 Å². The van der Waals surface area contributed by atoms with E-state index in [0.717, 1.165) is 31.5 Å². The van der Waals surface area contributed by atoms with Crippen LogP contribution in [0.25, 0.3) is 0 Å². The maximum atomic E-state index is 6.21. The molecule has 5 heteroatoms. The average molecular weight is 456 g/mol. The summed E-state index contributed by atoms with van der Waals surface area (Å²) in [5.41, 5.74) is 8.93. The summed E-state index contributed by atoms with van der Waals surface area (Å²) >= 11 is 0. The predicted octanol–water partition coefficient (Wildman–Crippen LogP) is 3.84. The summed E-state index contributed by atoms with van der Waals surface area (Å²) in [5, 5.41) is 0. The van der Waals surface area contributed by atoms with Crippen LogP contribution in [0.2, 0.25) is 0 Å². The van der Waals surface area contributed by atoms with E-state index in [0.29, 0.717) is 6.54 Å². The van der Waals surface area contributed by atoms with E-state index in [-0.39, 0.29) is 24.0 Å². The molecule has 2 aliphatic heterocycles. The molecular formula is C20H33IN4. The number of nitrogens with two attached hydrogens (primary N) is 1. The maximum Gasteiger partial charge on any atom is 0.191 e. The number of rotatable bonds is 4. The van der Waals surface area contributed by atoms with E-state index in [2.05, 4.69) is 46.0 Å². The standard InChI is InChI=1S/C20H32N4.HI/c1-17-8-7-11-23(15-17)16-19-10-4-3-9-18(19)14-22-20(21)24-12-5-2-6-13-24;/h3-4,9-10,17H,2,5-8,11-16H2,1H3,(H2,21,22);1H.